The quantitative estimate of drug-likeness (QED) is 0.793. The summed E-state index contributed by atoms with van der Waals surface area (Å²) in [6, 6.07) is 13.2. The molecule has 0 radical (unpaired) electrons. The van der Waals surface area contributed by atoms with Gasteiger partial charge in [0.15, 0.2) is 0 Å². The summed E-state index contributed by atoms with van der Waals surface area (Å²) in [6.45, 7) is 2.55. The maximum Gasteiger partial charge on any atom is 0.226 e. The van der Waals surface area contributed by atoms with Crippen LogP contribution in [0.2, 0.25) is 5.02 Å². The number of halogens is 2. The van der Waals surface area contributed by atoms with Gasteiger partial charge >= 0.3 is 0 Å². The molecule has 0 saturated carbocycles. The van der Waals surface area contributed by atoms with Crippen molar-refractivity contribution in [3.8, 4) is 0 Å². The summed E-state index contributed by atoms with van der Waals surface area (Å²) in [5.74, 6) is -0.0268. The first-order valence-corrected chi connectivity index (χ1v) is 7.78. The Labute approximate surface area is 137 Å². The van der Waals surface area contributed by atoms with Gasteiger partial charge in [-0.1, -0.05) is 23.7 Å². The molecule has 2 N–H and O–H groups in total. The predicted molar refractivity (Wildman–Crippen MR) is 92.1 cm³/mol. The van der Waals surface area contributed by atoms with Gasteiger partial charge in [-0.25, -0.2) is 0 Å². The van der Waals surface area contributed by atoms with Gasteiger partial charge in [0.25, 0.3) is 0 Å². The standard InChI is InChI=1S/C16H16BrClN2O/c1-11-10-12(18)6-7-14(11)19-9-8-16(21)20-15-5-3-2-4-13(15)17/h2-7,10,19H,8-9H2,1H3,(H,20,21). The van der Waals surface area contributed by atoms with Gasteiger partial charge in [-0.3, -0.25) is 4.79 Å². The molecule has 0 heterocycles. The second-order valence-corrected chi connectivity index (χ2v) is 5.95. The minimum Gasteiger partial charge on any atom is -0.384 e. The van der Waals surface area contributed by atoms with E-state index in [4.69, 9.17) is 11.6 Å². The van der Waals surface area contributed by atoms with Crippen LogP contribution in [0.3, 0.4) is 0 Å². The lowest BCUT2D eigenvalue weighted by Crippen LogP contribution is -2.16. The van der Waals surface area contributed by atoms with Crippen LogP contribution in [0.5, 0.6) is 0 Å². The van der Waals surface area contributed by atoms with E-state index >= 15 is 0 Å². The number of aryl methyl sites for hydroxylation is 1. The Balaban J connectivity index is 1.83. The number of amides is 1. The Morgan fingerprint density at radius 2 is 1.95 bits per heavy atom. The lowest BCUT2D eigenvalue weighted by Gasteiger charge is -2.10. The van der Waals surface area contributed by atoms with Crippen LogP contribution in [-0.4, -0.2) is 12.5 Å². The van der Waals surface area contributed by atoms with Crippen molar-refractivity contribution in [3.05, 3.63) is 57.5 Å². The Hall–Kier alpha value is -1.52. The second-order valence-electron chi connectivity index (χ2n) is 4.66. The van der Waals surface area contributed by atoms with Crippen molar-refractivity contribution in [2.24, 2.45) is 0 Å². The lowest BCUT2D eigenvalue weighted by molar-refractivity contribution is -0.115. The molecule has 110 valence electrons. The van der Waals surface area contributed by atoms with Crippen molar-refractivity contribution < 1.29 is 4.79 Å². The SMILES string of the molecule is Cc1cc(Cl)ccc1NCCC(=O)Nc1ccccc1Br. The molecule has 0 spiro atoms. The summed E-state index contributed by atoms with van der Waals surface area (Å²) >= 11 is 9.31. The number of benzene rings is 2. The van der Waals surface area contributed by atoms with E-state index in [2.05, 4.69) is 26.6 Å². The molecule has 0 aliphatic rings. The van der Waals surface area contributed by atoms with Crippen molar-refractivity contribution in [1.29, 1.82) is 0 Å². The third-order valence-electron chi connectivity index (χ3n) is 3.00. The number of para-hydroxylation sites is 1. The van der Waals surface area contributed by atoms with Crippen LogP contribution in [0.4, 0.5) is 11.4 Å². The number of carbonyl (C=O) groups is 1. The maximum absolute atomic E-state index is 11.9. The smallest absolute Gasteiger partial charge is 0.226 e. The Bertz CT molecular complexity index is 646. The molecule has 5 heteroatoms. The Morgan fingerprint density at radius 1 is 1.19 bits per heavy atom. The van der Waals surface area contributed by atoms with E-state index in [9.17, 15) is 4.79 Å². The van der Waals surface area contributed by atoms with E-state index in [0.29, 0.717) is 18.0 Å². The van der Waals surface area contributed by atoms with Gasteiger partial charge in [0.2, 0.25) is 5.91 Å². The van der Waals surface area contributed by atoms with Crippen molar-refractivity contribution >= 4 is 44.8 Å². The number of rotatable bonds is 5. The molecule has 2 aromatic carbocycles. The van der Waals surface area contributed by atoms with Crippen LogP contribution in [0.1, 0.15) is 12.0 Å². The third-order valence-corrected chi connectivity index (χ3v) is 3.93. The summed E-state index contributed by atoms with van der Waals surface area (Å²) in [5, 5.41) is 6.83. The maximum atomic E-state index is 11.9. The fraction of sp³-hybridized carbons (Fsp3) is 0.188. The highest BCUT2D eigenvalue weighted by molar-refractivity contribution is 9.10. The summed E-state index contributed by atoms with van der Waals surface area (Å²) in [6.07, 6.45) is 0.392. The summed E-state index contributed by atoms with van der Waals surface area (Å²) in [7, 11) is 0. The minimum atomic E-state index is -0.0268. The fourth-order valence-corrected chi connectivity index (χ4v) is 2.52. The molecule has 2 rings (SSSR count). The van der Waals surface area contributed by atoms with Crippen LogP contribution in [0, 0.1) is 6.92 Å². The second kappa shape index (κ2) is 7.48. The van der Waals surface area contributed by atoms with Crippen LogP contribution in [-0.2, 0) is 4.79 Å². The lowest BCUT2D eigenvalue weighted by atomic mass is 10.2. The highest BCUT2D eigenvalue weighted by Gasteiger charge is 2.05. The van der Waals surface area contributed by atoms with E-state index in [1.807, 2.05) is 49.4 Å². The van der Waals surface area contributed by atoms with E-state index in [-0.39, 0.29) is 5.91 Å². The monoisotopic (exact) mass is 366 g/mol. The Kier molecular flexibility index (Phi) is 5.65. The van der Waals surface area contributed by atoms with Gasteiger partial charge in [-0.05, 0) is 58.7 Å². The molecule has 0 bridgehead atoms. The van der Waals surface area contributed by atoms with Gasteiger partial charge in [-0.2, -0.15) is 0 Å². The van der Waals surface area contributed by atoms with Crippen molar-refractivity contribution in [2.75, 3.05) is 17.2 Å². The zero-order valence-electron chi connectivity index (χ0n) is 11.6. The number of hydrogen-bond acceptors (Lipinski definition) is 2. The van der Waals surface area contributed by atoms with Crippen molar-refractivity contribution in [3.63, 3.8) is 0 Å². The van der Waals surface area contributed by atoms with Crippen molar-refractivity contribution in [2.45, 2.75) is 13.3 Å². The number of hydrogen-bond donors (Lipinski definition) is 2. The van der Waals surface area contributed by atoms with Crippen LogP contribution >= 0.6 is 27.5 Å². The van der Waals surface area contributed by atoms with Crippen LogP contribution in [0.25, 0.3) is 0 Å². The van der Waals surface area contributed by atoms with E-state index in [1.54, 1.807) is 0 Å². The van der Waals surface area contributed by atoms with Gasteiger partial charge in [-0.15, -0.1) is 0 Å². The molecule has 0 aliphatic heterocycles. The average molecular weight is 368 g/mol. The molecule has 2 aromatic rings. The molecule has 0 aliphatic carbocycles. The molecular formula is C16H16BrClN2O. The molecular weight excluding hydrogens is 352 g/mol. The number of carbonyl (C=O) groups excluding carboxylic acids is 1. The molecule has 0 unspecified atom stereocenters. The summed E-state index contributed by atoms with van der Waals surface area (Å²) in [5.41, 5.74) is 2.84. The van der Waals surface area contributed by atoms with Crippen LogP contribution in [0.15, 0.2) is 46.9 Å². The van der Waals surface area contributed by atoms with E-state index in [0.717, 1.165) is 21.4 Å². The largest absolute Gasteiger partial charge is 0.384 e. The highest BCUT2D eigenvalue weighted by Crippen LogP contribution is 2.22. The zero-order chi connectivity index (χ0) is 15.2. The first-order valence-electron chi connectivity index (χ1n) is 6.60. The first-order chi connectivity index (χ1) is 10.1. The predicted octanol–water partition coefficient (Wildman–Crippen LogP) is 4.85. The molecule has 0 saturated heterocycles. The zero-order valence-corrected chi connectivity index (χ0v) is 14.0. The molecule has 1 amide bonds. The third kappa shape index (κ3) is 4.76. The molecule has 21 heavy (non-hydrogen) atoms. The van der Waals surface area contributed by atoms with Crippen LogP contribution < -0.4 is 10.6 Å². The van der Waals surface area contributed by atoms with Gasteiger partial charge in [0, 0.05) is 28.1 Å². The fourth-order valence-electron chi connectivity index (χ4n) is 1.91. The molecule has 0 aromatic heterocycles. The molecule has 0 fully saturated rings. The molecule has 3 nitrogen and oxygen atoms in total. The highest BCUT2D eigenvalue weighted by atomic mass is 79.9. The topological polar surface area (TPSA) is 41.1 Å². The molecule has 0 atom stereocenters. The summed E-state index contributed by atoms with van der Waals surface area (Å²) in [4.78, 5) is 11.9. The van der Waals surface area contributed by atoms with Gasteiger partial charge in [0.1, 0.15) is 0 Å². The van der Waals surface area contributed by atoms with Gasteiger partial charge in [0.05, 0.1) is 5.69 Å². The van der Waals surface area contributed by atoms with Crippen molar-refractivity contribution in [1.82, 2.24) is 0 Å². The van der Waals surface area contributed by atoms with E-state index < -0.39 is 0 Å². The van der Waals surface area contributed by atoms with E-state index in [1.165, 1.54) is 0 Å². The summed E-state index contributed by atoms with van der Waals surface area (Å²) < 4.78 is 0.875. The number of nitrogens with one attached hydrogen (secondary N) is 2. The number of anilines is 2. The average Bonchev–Trinajstić information content (AvgIpc) is 2.44. The first kappa shape index (κ1) is 15.9. The van der Waals surface area contributed by atoms with Gasteiger partial charge < -0.3 is 10.6 Å². The normalized spacial score (nSPS) is 10.2. The minimum absolute atomic E-state index is 0.0268. The Morgan fingerprint density at radius 3 is 2.67 bits per heavy atom.